The Balaban J connectivity index is 1.61. The first-order chi connectivity index (χ1) is 8.81. The average Bonchev–Trinajstić information content (AvgIpc) is 3.00. The van der Waals surface area contributed by atoms with Gasteiger partial charge in [0.05, 0.1) is 19.3 Å². The van der Waals surface area contributed by atoms with Crippen LogP contribution in [0.3, 0.4) is 0 Å². The van der Waals surface area contributed by atoms with E-state index < -0.39 is 0 Å². The number of aromatic nitrogens is 3. The average molecular weight is 271 g/mol. The van der Waals surface area contributed by atoms with E-state index in [9.17, 15) is 0 Å². The van der Waals surface area contributed by atoms with Crippen molar-refractivity contribution in [1.82, 2.24) is 14.8 Å². The van der Waals surface area contributed by atoms with Gasteiger partial charge in [-0.3, -0.25) is 0 Å². The second-order valence-electron chi connectivity index (χ2n) is 4.37. The summed E-state index contributed by atoms with van der Waals surface area (Å²) in [6.07, 6.45) is 3.54. The minimum absolute atomic E-state index is 0.316. The molecule has 18 heavy (non-hydrogen) atoms. The highest BCUT2D eigenvalue weighted by Gasteiger charge is 2.15. The van der Waals surface area contributed by atoms with E-state index in [1.54, 1.807) is 11.8 Å². The number of hydrogen-bond acceptors (Lipinski definition) is 5. The fourth-order valence-electron chi connectivity index (χ4n) is 1.96. The van der Waals surface area contributed by atoms with E-state index >= 15 is 0 Å². The Labute approximate surface area is 112 Å². The van der Waals surface area contributed by atoms with Gasteiger partial charge in [0, 0.05) is 25.8 Å². The molecule has 1 aliphatic rings. The molecule has 2 heterocycles. The highest BCUT2D eigenvalue weighted by atomic mass is 32.2. The van der Waals surface area contributed by atoms with Gasteiger partial charge >= 0.3 is 0 Å². The number of aryl methyl sites for hydroxylation is 1. The molecule has 0 spiro atoms. The monoisotopic (exact) mass is 271 g/mol. The molecule has 1 saturated heterocycles. The molecule has 0 aromatic carbocycles. The highest BCUT2D eigenvalue weighted by Crippen LogP contribution is 2.16. The Morgan fingerprint density at radius 2 is 2.39 bits per heavy atom. The number of hydrogen-bond donors (Lipinski definition) is 0. The Morgan fingerprint density at radius 3 is 3.06 bits per heavy atom. The topological polar surface area (TPSA) is 49.2 Å². The smallest absolute Gasteiger partial charge is 0.191 e. The van der Waals surface area contributed by atoms with E-state index in [1.807, 2.05) is 11.6 Å². The van der Waals surface area contributed by atoms with Crippen molar-refractivity contribution in [2.45, 2.75) is 37.4 Å². The van der Waals surface area contributed by atoms with E-state index in [0.29, 0.717) is 6.10 Å². The summed E-state index contributed by atoms with van der Waals surface area (Å²) >= 11 is 1.69. The predicted octanol–water partition coefficient (Wildman–Crippen LogP) is 1.67. The first kappa shape index (κ1) is 13.8. The maximum absolute atomic E-state index is 5.61. The molecule has 5 nitrogen and oxygen atoms in total. The number of rotatable bonds is 7. The predicted molar refractivity (Wildman–Crippen MR) is 70.9 cm³/mol. The van der Waals surface area contributed by atoms with Crippen molar-refractivity contribution < 1.29 is 9.47 Å². The minimum Gasteiger partial charge on any atom is -0.378 e. The van der Waals surface area contributed by atoms with Gasteiger partial charge in [0.15, 0.2) is 5.16 Å². The fourth-order valence-corrected chi connectivity index (χ4v) is 2.74. The van der Waals surface area contributed by atoms with Crippen LogP contribution >= 0.6 is 11.8 Å². The summed E-state index contributed by atoms with van der Waals surface area (Å²) in [5.74, 6) is 1.93. The minimum atomic E-state index is 0.316. The maximum atomic E-state index is 5.61. The van der Waals surface area contributed by atoms with E-state index in [1.165, 1.54) is 6.42 Å². The molecular weight excluding hydrogens is 250 g/mol. The zero-order valence-electron chi connectivity index (χ0n) is 11.1. The summed E-state index contributed by atoms with van der Waals surface area (Å²) in [6, 6.07) is 0. The van der Waals surface area contributed by atoms with Crippen molar-refractivity contribution in [3.05, 3.63) is 5.82 Å². The van der Waals surface area contributed by atoms with Gasteiger partial charge in [0.1, 0.15) is 5.82 Å². The third-order valence-corrected chi connectivity index (χ3v) is 4.01. The molecule has 0 amide bonds. The number of ether oxygens (including phenoxy) is 2. The van der Waals surface area contributed by atoms with E-state index in [2.05, 4.69) is 17.1 Å². The lowest BCUT2D eigenvalue weighted by Crippen LogP contribution is -2.15. The SMILES string of the molecule is CCc1nnc(SCCOCC2CCCO2)n1C. The van der Waals surface area contributed by atoms with E-state index in [0.717, 1.165) is 49.4 Å². The maximum Gasteiger partial charge on any atom is 0.191 e. The Bertz CT molecular complexity index is 364. The normalized spacial score (nSPS) is 19.6. The molecule has 2 rings (SSSR count). The second kappa shape index (κ2) is 7.11. The van der Waals surface area contributed by atoms with Crippen LogP contribution in [-0.4, -0.2) is 46.4 Å². The van der Waals surface area contributed by atoms with E-state index in [4.69, 9.17) is 9.47 Å². The van der Waals surface area contributed by atoms with Crippen molar-refractivity contribution in [3.63, 3.8) is 0 Å². The van der Waals surface area contributed by atoms with Gasteiger partial charge in [0.25, 0.3) is 0 Å². The van der Waals surface area contributed by atoms with Crippen LogP contribution in [0.5, 0.6) is 0 Å². The lowest BCUT2D eigenvalue weighted by atomic mass is 10.2. The van der Waals surface area contributed by atoms with Crippen LogP contribution in [0.4, 0.5) is 0 Å². The van der Waals surface area contributed by atoms with Crippen molar-refractivity contribution in [2.24, 2.45) is 7.05 Å². The molecule has 1 aliphatic heterocycles. The van der Waals surface area contributed by atoms with Gasteiger partial charge in [0.2, 0.25) is 0 Å². The fraction of sp³-hybridized carbons (Fsp3) is 0.833. The quantitative estimate of drug-likeness (QED) is 0.557. The molecule has 6 heteroatoms. The van der Waals surface area contributed by atoms with Crippen molar-refractivity contribution in [3.8, 4) is 0 Å². The van der Waals surface area contributed by atoms with Gasteiger partial charge in [-0.15, -0.1) is 10.2 Å². The first-order valence-corrected chi connectivity index (χ1v) is 7.50. The summed E-state index contributed by atoms with van der Waals surface area (Å²) in [7, 11) is 2.01. The van der Waals surface area contributed by atoms with Gasteiger partial charge in [-0.25, -0.2) is 0 Å². The summed E-state index contributed by atoms with van der Waals surface area (Å²) < 4.78 is 13.2. The van der Waals surface area contributed by atoms with Crippen molar-refractivity contribution in [1.29, 1.82) is 0 Å². The summed E-state index contributed by atoms with van der Waals surface area (Å²) in [5.41, 5.74) is 0. The molecule has 0 saturated carbocycles. The number of thioether (sulfide) groups is 1. The summed E-state index contributed by atoms with van der Waals surface area (Å²) in [5, 5.41) is 9.25. The molecular formula is C12H21N3O2S. The van der Waals surface area contributed by atoms with Crippen LogP contribution in [0, 0.1) is 0 Å². The molecule has 102 valence electrons. The van der Waals surface area contributed by atoms with Crippen LogP contribution in [0.1, 0.15) is 25.6 Å². The van der Waals surface area contributed by atoms with Gasteiger partial charge in [-0.1, -0.05) is 18.7 Å². The Hall–Kier alpha value is -0.590. The van der Waals surface area contributed by atoms with Gasteiger partial charge in [-0.2, -0.15) is 0 Å². The molecule has 1 fully saturated rings. The Kier molecular flexibility index (Phi) is 5.46. The van der Waals surface area contributed by atoms with Crippen LogP contribution in [-0.2, 0) is 22.9 Å². The largest absolute Gasteiger partial charge is 0.378 e. The molecule has 0 radical (unpaired) electrons. The van der Waals surface area contributed by atoms with Gasteiger partial charge in [-0.05, 0) is 12.8 Å². The summed E-state index contributed by atoms with van der Waals surface area (Å²) in [6.45, 7) is 4.43. The lowest BCUT2D eigenvalue weighted by Gasteiger charge is -2.09. The second-order valence-corrected chi connectivity index (χ2v) is 5.43. The van der Waals surface area contributed by atoms with Crippen LogP contribution in [0.25, 0.3) is 0 Å². The molecule has 1 unspecified atom stereocenters. The van der Waals surface area contributed by atoms with E-state index in [-0.39, 0.29) is 0 Å². The zero-order valence-corrected chi connectivity index (χ0v) is 11.9. The van der Waals surface area contributed by atoms with Gasteiger partial charge < -0.3 is 14.0 Å². The van der Waals surface area contributed by atoms with Crippen molar-refractivity contribution in [2.75, 3.05) is 25.6 Å². The first-order valence-electron chi connectivity index (χ1n) is 6.51. The van der Waals surface area contributed by atoms with Crippen LogP contribution in [0.15, 0.2) is 5.16 Å². The molecule has 0 N–H and O–H groups in total. The molecule has 0 aliphatic carbocycles. The third-order valence-electron chi connectivity index (χ3n) is 3.03. The van der Waals surface area contributed by atoms with Crippen LogP contribution < -0.4 is 0 Å². The Morgan fingerprint density at radius 1 is 1.50 bits per heavy atom. The zero-order chi connectivity index (χ0) is 12.8. The summed E-state index contributed by atoms with van der Waals surface area (Å²) in [4.78, 5) is 0. The molecule has 1 aromatic heterocycles. The third kappa shape index (κ3) is 3.70. The molecule has 0 bridgehead atoms. The number of nitrogens with zero attached hydrogens (tertiary/aromatic N) is 3. The van der Waals surface area contributed by atoms with Crippen molar-refractivity contribution >= 4 is 11.8 Å². The lowest BCUT2D eigenvalue weighted by molar-refractivity contribution is 0.0226. The van der Waals surface area contributed by atoms with Crippen LogP contribution in [0.2, 0.25) is 0 Å². The highest BCUT2D eigenvalue weighted by molar-refractivity contribution is 7.99. The molecule has 1 aromatic rings. The molecule has 1 atom stereocenters. The standard InChI is InChI=1S/C12H21N3O2S/c1-3-11-13-14-12(15(11)2)18-8-7-16-9-10-5-4-6-17-10/h10H,3-9H2,1-2H3.